The zero-order valence-electron chi connectivity index (χ0n) is 20.5. The molecule has 5 aromatic rings. The number of rotatable bonds is 4. The first-order chi connectivity index (χ1) is 18.0. The van der Waals surface area contributed by atoms with Crippen molar-refractivity contribution in [3.05, 3.63) is 102 Å². The minimum Gasteiger partial charge on any atom is -0.336 e. The highest BCUT2D eigenvalue weighted by molar-refractivity contribution is 6.00. The Kier molecular flexibility index (Phi) is 5.93. The third-order valence-electron chi connectivity index (χ3n) is 7.14. The van der Waals surface area contributed by atoms with Gasteiger partial charge in [-0.1, -0.05) is 48.5 Å². The van der Waals surface area contributed by atoms with Crippen LogP contribution in [0, 0.1) is 11.6 Å². The number of likely N-dealkylation sites (N-methyl/N-ethyl adjacent to an activating group) is 1. The van der Waals surface area contributed by atoms with Crippen molar-refractivity contribution in [3.63, 3.8) is 0 Å². The molecule has 1 fully saturated rings. The van der Waals surface area contributed by atoms with E-state index in [2.05, 4.69) is 11.9 Å². The van der Waals surface area contributed by atoms with Gasteiger partial charge in [-0.2, -0.15) is 0 Å². The van der Waals surface area contributed by atoms with Crippen LogP contribution in [-0.2, 0) is 6.54 Å². The predicted octanol–water partition coefficient (Wildman–Crippen LogP) is 5.57. The lowest BCUT2D eigenvalue weighted by Crippen LogP contribution is -2.47. The second kappa shape index (κ2) is 9.41. The summed E-state index contributed by atoms with van der Waals surface area (Å²) in [4.78, 5) is 22.3. The van der Waals surface area contributed by atoms with E-state index in [1.165, 1.54) is 6.07 Å². The first kappa shape index (κ1) is 23.3. The van der Waals surface area contributed by atoms with Crippen molar-refractivity contribution in [2.24, 2.45) is 0 Å². The molecule has 4 aromatic carbocycles. The zero-order valence-corrected chi connectivity index (χ0v) is 20.5. The van der Waals surface area contributed by atoms with E-state index in [0.717, 1.165) is 41.0 Å². The van der Waals surface area contributed by atoms with Gasteiger partial charge in [0.15, 0.2) is 11.6 Å². The second-order valence-corrected chi connectivity index (χ2v) is 9.60. The zero-order chi connectivity index (χ0) is 25.5. The highest BCUT2D eigenvalue weighted by Gasteiger charge is 2.22. The van der Waals surface area contributed by atoms with E-state index in [9.17, 15) is 13.6 Å². The van der Waals surface area contributed by atoms with Gasteiger partial charge in [-0.25, -0.2) is 13.8 Å². The van der Waals surface area contributed by atoms with Crippen LogP contribution in [-0.4, -0.2) is 58.5 Å². The lowest BCUT2D eigenvalue weighted by atomic mass is 10.0. The van der Waals surface area contributed by atoms with Crippen molar-refractivity contribution in [2.75, 3.05) is 33.2 Å². The van der Waals surface area contributed by atoms with Crippen LogP contribution in [0.4, 0.5) is 8.78 Å². The number of aromatic nitrogens is 2. The van der Waals surface area contributed by atoms with Gasteiger partial charge in [-0.05, 0) is 53.7 Å². The molecule has 6 rings (SSSR count). The fourth-order valence-corrected chi connectivity index (χ4v) is 5.06. The highest BCUT2D eigenvalue weighted by atomic mass is 19.2. The molecule has 0 N–H and O–H groups in total. The predicted molar refractivity (Wildman–Crippen MR) is 142 cm³/mol. The highest BCUT2D eigenvalue weighted by Crippen LogP contribution is 2.32. The average molecular weight is 497 g/mol. The standard InChI is InChI=1S/C30H26F2N4O/c1-34-13-15-35(16-14-34)30(37)22-10-12-28-27(18-22)33-29(24-8-4-6-21-5-2-3-7-23(21)24)36(28)19-20-9-11-25(31)26(32)17-20/h2-12,17-18H,13-16,19H2,1H3. The molecule has 0 radical (unpaired) electrons. The molecule has 37 heavy (non-hydrogen) atoms. The molecule has 186 valence electrons. The van der Waals surface area contributed by atoms with Gasteiger partial charge in [-0.15, -0.1) is 0 Å². The Bertz CT molecular complexity index is 1630. The fourth-order valence-electron chi connectivity index (χ4n) is 5.06. The third kappa shape index (κ3) is 4.36. The molecule has 0 aliphatic carbocycles. The summed E-state index contributed by atoms with van der Waals surface area (Å²) in [7, 11) is 2.06. The van der Waals surface area contributed by atoms with E-state index in [-0.39, 0.29) is 5.91 Å². The summed E-state index contributed by atoms with van der Waals surface area (Å²) in [6, 6.07) is 23.7. The maximum absolute atomic E-state index is 14.1. The Morgan fingerprint density at radius 3 is 2.46 bits per heavy atom. The Morgan fingerprint density at radius 2 is 1.65 bits per heavy atom. The van der Waals surface area contributed by atoms with Crippen LogP contribution in [0.2, 0.25) is 0 Å². The van der Waals surface area contributed by atoms with Crippen LogP contribution in [0.3, 0.4) is 0 Å². The van der Waals surface area contributed by atoms with Gasteiger partial charge < -0.3 is 14.4 Å². The normalized spacial score (nSPS) is 14.5. The number of benzene rings is 4. The molecule has 7 heteroatoms. The number of halogens is 2. The van der Waals surface area contributed by atoms with Crippen LogP contribution in [0.25, 0.3) is 33.2 Å². The van der Waals surface area contributed by atoms with E-state index < -0.39 is 11.6 Å². The Balaban J connectivity index is 1.48. The topological polar surface area (TPSA) is 41.4 Å². The Hall–Kier alpha value is -4.10. The number of fused-ring (bicyclic) bond motifs is 2. The smallest absolute Gasteiger partial charge is 0.254 e. The number of hydrogen-bond acceptors (Lipinski definition) is 3. The molecule has 2 heterocycles. The molecule has 1 aliphatic rings. The summed E-state index contributed by atoms with van der Waals surface area (Å²) in [6.45, 7) is 3.39. The summed E-state index contributed by atoms with van der Waals surface area (Å²) in [5.41, 5.74) is 3.66. The quantitative estimate of drug-likeness (QED) is 0.327. The fraction of sp³-hybridized carbons (Fsp3) is 0.200. The van der Waals surface area contributed by atoms with Crippen LogP contribution < -0.4 is 0 Å². The number of hydrogen-bond donors (Lipinski definition) is 0. The van der Waals surface area contributed by atoms with Crippen molar-refractivity contribution in [2.45, 2.75) is 6.54 Å². The lowest BCUT2D eigenvalue weighted by Gasteiger charge is -2.32. The minimum absolute atomic E-state index is 0.00290. The number of carbonyl (C=O) groups excluding carboxylic acids is 1. The maximum Gasteiger partial charge on any atom is 0.254 e. The van der Waals surface area contributed by atoms with Gasteiger partial charge in [0.05, 0.1) is 11.0 Å². The van der Waals surface area contributed by atoms with E-state index >= 15 is 0 Å². The molecule has 0 spiro atoms. The first-order valence-electron chi connectivity index (χ1n) is 12.4. The number of piperazine rings is 1. The molecule has 5 nitrogen and oxygen atoms in total. The number of imidazole rings is 1. The van der Waals surface area contributed by atoms with Gasteiger partial charge in [0.1, 0.15) is 5.82 Å². The second-order valence-electron chi connectivity index (χ2n) is 9.60. The van der Waals surface area contributed by atoms with E-state index in [1.54, 1.807) is 6.07 Å². The molecule has 0 unspecified atom stereocenters. The monoisotopic (exact) mass is 496 g/mol. The number of nitrogens with zero attached hydrogens (tertiary/aromatic N) is 4. The number of amides is 1. The third-order valence-corrected chi connectivity index (χ3v) is 7.14. The SMILES string of the molecule is CN1CCN(C(=O)c2ccc3c(c2)nc(-c2cccc4ccccc24)n3Cc2ccc(F)c(F)c2)CC1. The summed E-state index contributed by atoms with van der Waals surface area (Å²) in [6.07, 6.45) is 0. The lowest BCUT2D eigenvalue weighted by molar-refractivity contribution is 0.0664. The number of carbonyl (C=O) groups is 1. The summed E-state index contributed by atoms with van der Waals surface area (Å²) in [5.74, 6) is -1.05. The molecule has 1 aromatic heterocycles. The van der Waals surface area contributed by atoms with Crippen LogP contribution in [0.15, 0.2) is 78.9 Å². The van der Waals surface area contributed by atoms with Gasteiger partial charge in [0.2, 0.25) is 0 Å². The molecule has 0 saturated carbocycles. The molecule has 0 atom stereocenters. The Labute approximate surface area is 213 Å². The largest absolute Gasteiger partial charge is 0.336 e. The minimum atomic E-state index is -0.881. The molecule has 0 bridgehead atoms. The Morgan fingerprint density at radius 1 is 0.865 bits per heavy atom. The van der Waals surface area contributed by atoms with Crippen molar-refractivity contribution in [1.82, 2.24) is 19.4 Å². The maximum atomic E-state index is 14.1. The van der Waals surface area contributed by atoms with Gasteiger partial charge in [0.25, 0.3) is 5.91 Å². The summed E-state index contributed by atoms with van der Waals surface area (Å²) in [5, 5.41) is 2.12. The average Bonchev–Trinajstić information content (AvgIpc) is 3.27. The summed E-state index contributed by atoms with van der Waals surface area (Å²) >= 11 is 0. The van der Waals surface area contributed by atoms with E-state index in [4.69, 9.17) is 4.98 Å². The van der Waals surface area contributed by atoms with Crippen molar-refractivity contribution < 1.29 is 13.6 Å². The first-order valence-corrected chi connectivity index (χ1v) is 12.4. The van der Waals surface area contributed by atoms with Gasteiger partial charge >= 0.3 is 0 Å². The van der Waals surface area contributed by atoms with Crippen molar-refractivity contribution in [1.29, 1.82) is 0 Å². The van der Waals surface area contributed by atoms with Crippen molar-refractivity contribution >= 4 is 27.7 Å². The molecule has 1 amide bonds. The molecule has 1 saturated heterocycles. The van der Waals surface area contributed by atoms with E-state index in [1.807, 2.05) is 70.1 Å². The van der Waals surface area contributed by atoms with Crippen LogP contribution in [0.5, 0.6) is 0 Å². The van der Waals surface area contributed by atoms with Crippen LogP contribution >= 0.6 is 0 Å². The molecular formula is C30H26F2N4O. The van der Waals surface area contributed by atoms with Crippen molar-refractivity contribution in [3.8, 4) is 11.4 Å². The molecular weight excluding hydrogens is 470 g/mol. The summed E-state index contributed by atoms with van der Waals surface area (Å²) < 4.78 is 29.7. The van der Waals surface area contributed by atoms with Crippen LogP contribution in [0.1, 0.15) is 15.9 Å². The van der Waals surface area contributed by atoms with Gasteiger partial charge in [0, 0.05) is 43.9 Å². The molecule has 1 aliphatic heterocycles. The van der Waals surface area contributed by atoms with E-state index in [0.29, 0.717) is 42.1 Å². The van der Waals surface area contributed by atoms with Gasteiger partial charge in [-0.3, -0.25) is 4.79 Å².